The molecule has 0 aromatic heterocycles. The summed E-state index contributed by atoms with van der Waals surface area (Å²) in [7, 11) is 0. The fraction of sp³-hybridized carbons (Fsp3) is 0.538. The first-order valence-corrected chi connectivity index (χ1v) is 5.99. The predicted molar refractivity (Wildman–Crippen MR) is 62.0 cm³/mol. The van der Waals surface area contributed by atoms with Crippen molar-refractivity contribution in [2.75, 3.05) is 13.1 Å². The van der Waals surface area contributed by atoms with E-state index >= 15 is 0 Å². The summed E-state index contributed by atoms with van der Waals surface area (Å²) < 4.78 is 31.4. The van der Waals surface area contributed by atoms with Gasteiger partial charge in [0.1, 0.15) is 5.75 Å². The topological polar surface area (TPSA) is 21.3 Å². The highest BCUT2D eigenvalue weighted by Gasteiger charge is 2.21. The molecule has 1 aliphatic heterocycles. The lowest BCUT2D eigenvalue weighted by Gasteiger charge is -2.28. The average Bonchev–Trinajstić information content (AvgIpc) is 2.35. The van der Waals surface area contributed by atoms with Crippen molar-refractivity contribution in [1.82, 2.24) is 5.32 Å². The van der Waals surface area contributed by atoms with Gasteiger partial charge in [0.25, 0.3) is 0 Å². The van der Waals surface area contributed by atoms with Crippen molar-refractivity contribution in [3.63, 3.8) is 0 Å². The molecule has 0 spiro atoms. The van der Waals surface area contributed by atoms with E-state index in [-0.39, 0.29) is 6.10 Å². The number of piperidine rings is 1. The minimum absolute atomic E-state index is 0.0296. The summed E-state index contributed by atoms with van der Waals surface area (Å²) in [4.78, 5) is 0. The molecule has 1 aromatic rings. The molecule has 2 rings (SSSR count). The van der Waals surface area contributed by atoms with Gasteiger partial charge in [0.2, 0.25) is 0 Å². The highest BCUT2D eigenvalue weighted by Crippen LogP contribution is 2.23. The van der Waals surface area contributed by atoms with Crippen molar-refractivity contribution in [3.05, 3.63) is 29.8 Å². The van der Waals surface area contributed by atoms with Gasteiger partial charge in [-0.05, 0) is 50.9 Å². The summed E-state index contributed by atoms with van der Waals surface area (Å²) in [5.41, 5.74) is 0. The van der Waals surface area contributed by atoms with Gasteiger partial charge < -0.3 is 10.1 Å². The van der Waals surface area contributed by atoms with Gasteiger partial charge in [-0.15, -0.1) is 0 Å². The van der Waals surface area contributed by atoms with Crippen LogP contribution in [0, 0.1) is 17.6 Å². The quantitative estimate of drug-likeness (QED) is 0.878. The van der Waals surface area contributed by atoms with Gasteiger partial charge >= 0.3 is 0 Å². The van der Waals surface area contributed by atoms with Crippen LogP contribution in [0.5, 0.6) is 5.75 Å². The third-order valence-corrected chi connectivity index (χ3v) is 3.26. The number of nitrogens with one attached hydrogen (secondary N) is 1. The Kier molecular flexibility index (Phi) is 3.94. The molecule has 1 heterocycles. The van der Waals surface area contributed by atoms with Crippen LogP contribution in [-0.4, -0.2) is 19.2 Å². The maximum absolute atomic E-state index is 13.0. The number of hydrogen-bond donors (Lipinski definition) is 1. The van der Waals surface area contributed by atoms with E-state index in [0.717, 1.165) is 38.1 Å². The molecule has 0 radical (unpaired) electrons. The van der Waals surface area contributed by atoms with Crippen LogP contribution < -0.4 is 10.1 Å². The molecule has 0 bridgehead atoms. The lowest BCUT2D eigenvalue weighted by molar-refractivity contribution is 0.127. The minimum Gasteiger partial charge on any atom is -0.490 e. The van der Waals surface area contributed by atoms with Crippen LogP contribution in [0.1, 0.15) is 19.8 Å². The van der Waals surface area contributed by atoms with Gasteiger partial charge in [-0.25, -0.2) is 8.78 Å². The minimum atomic E-state index is -0.861. The fourth-order valence-corrected chi connectivity index (χ4v) is 2.17. The SMILES string of the molecule is CC(Oc1ccc(F)c(F)c1)C1CCNCC1. The molecule has 4 heteroatoms. The molecule has 94 valence electrons. The summed E-state index contributed by atoms with van der Waals surface area (Å²) in [6.45, 7) is 3.98. The number of rotatable bonds is 3. The Morgan fingerprint density at radius 2 is 1.94 bits per heavy atom. The molecule has 1 unspecified atom stereocenters. The summed E-state index contributed by atoms with van der Waals surface area (Å²) >= 11 is 0. The van der Waals surface area contributed by atoms with Crippen LogP contribution in [0.4, 0.5) is 8.78 Å². The van der Waals surface area contributed by atoms with Gasteiger partial charge in [-0.3, -0.25) is 0 Å². The summed E-state index contributed by atoms with van der Waals surface area (Å²) in [6.07, 6.45) is 2.15. The largest absolute Gasteiger partial charge is 0.490 e. The summed E-state index contributed by atoms with van der Waals surface area (Å²) in [5.74, 6) is -0.828. The van der Waals surface area contributed by atoms with Gasteiger partial charge in [0.05, 0.1) is 6.10 Å². The Labute approximate surface area is 100.0 Å². The van der Waals surface area contributed by atoms with E-state index < -0.39 is 11.6 Å². The summed E-state index contributed by atoms with van der Waals surface area (Å²) in [5, 5.41) is 3.28. The van der Waals surface area contributed by atoms with Crippen molar-refractivity contribution >= 4 is 0 Å². The third kappa shape index (κ3) is 3.16. The fourth-order valence-electron chi connectivity index (χ4n) is 2.17. The van der Waals surface area contributed by atoms with Gasteiger partial charge in [-0.1, -0.05) is 0 Å². The normalized spacial score (nSPS) is 19.0. The average molecular weight is 241 g/mol. The monoisotopic (exact) mass is 241 g/mol. The summed E-state index contributed by atoms with van der Waals surface area (Å²) in [6, 6.07) is 3.67. The van der Waals surface area contributed by atoms with E-state index in [2.05, 4.69) is 5.32 Å². The maximum Gasteiger partial charge on any atom is 0.162 e. The first-order chi connectivity index (χ1) is 8.16. The Morgan fingerprint density at radius 1 is 1.24 bits per heavy atom. The van der Waals surface area contributed by atoms with E-state index in [9.17, 15) is 8.78 Å². The Balaban J connectivity index is 1.96. The van der Waals surface area contributed by atoms with Crippen LogP contribution in [-0.2, 0) is 0 Å². The second kappa shape index (κ2) is 5.45. The van der Waals surface area contributed by atoms with Crippen molar-refractivity contribution < 1.29 is 13.5 Å². The molecule has 1 aromatic carbocycles. The predicted octanol–water partition coefficient (Wildman–Crippen LogP) is 2.73. The van der Waals surface area contributed by atoms with Crippen LogP contribution >= 0.6 is 0 Å². The zero-order chi connectivity index (χ0) is 12.3. The molecule has 1 saturated heterocycles. The molecular weight excluding hydrogens is 224 g/mol. The van der Waals surface area contributed by atoms with Crippen molar-refractivity contribution in [2.24, 2.45) is 5.92 Å². The number of benzene rings is 1. The second-order valence-corrected chi connectivity index (χ2v) is 4.49. The third-order valence-electron chi connectivity index (χ3n) is 3.26. The molecule has 0 aliphatic carbocycles. The van der Waals surface area contributed by atoms with Crippen LogP contribution in [0.2, 0.25) is 0 Å². The van der Waals surface area contributed by atoms with Crippen molar-refractivity contribution in [2.45, 2.75) is 25.9 Å². The highest BCUT2D eigenvalue weighted by molar-refractivity contribution is 5.23. The molecule has 0 amide bonds. The number of ether oxygens (including phenoxy) is 1. The molecule has 0 saturated carbocycles. The Hall–Kier alpha value is -1.16. The Morgan fingerprint density at radius 3 is 2.59 bits per heavy atom. The van der Waals surface area contributed by atoms with Crippen LogP contribution in [0.25, 0.3) is 0 Å². The lowest BCUT2D eigenvalue weighted by Crippen LogP contribution is -2.35. The first kappa shape index (κ1) is 12.3. The van der Waals surface area contributed by atoms with E-state index in [1.165, 1.54) is 6.07 Å². The Bertz CT molecular complexity index is 378. The molecule has 1 fully saturated rings. The van der Waals surface area contributed by atoms with Gasteiger partial charge in [-0.2, -0.15) is 0 Å². The van der Waals surface area contributed by atoms with Crippen LogP contribution in [0.3, 0.4) is 0 Å². The lowest BCUT2D eigenvalue weighted by atomic mass is 9.93. The van der Waals surface area contributed by atoms with E-state index in [4.69, 9.17) is 4.74 Å². The van der Waals surface area contributed by atoms with Crippen LogP contribution in [0.15, 0.2) is 18.2 Å². The first-order valence-electron chi connectivity index (χ1n) is 5.99. The molecular formula is C13H17F2NO. The van der Waals surface area contributed by atoms with E-state index in [1.807, 2.05) is 6.92 Å². The molecule has 1 aliphatic rings. The zero-order valence-corrected chi connectivity index (χ0v) is 9.88. The standard InChI is InChI=1S/C13H17F2NO/c1-9(10-4-6-16-7-5-10)17-11-2-3-12(14)13(15)8-11/h2-3,8-10,16H,4-7H2,1H3. The number of hydrogen-bond acceptors (Lipinski definition) is 2. The molecule has 2 nitrogen and oxygen atoms in total. The molecule has 1 N–H and O–H groups in total. The van der Waals surface area contributed by atoms with Crippen molar-refractivity contribution in [3.8, 4) is 5.75 Å². The smallest absolute Gasteiger partial charge is 0.162 e. The molecule has 17 heavy (non-hydrogen) atoms. The maximum atomic E-state index is 13.0. The van der Waals surface area contributed by atoms with Gasteiger partial charge in [0, 0.05) is 6.07 Å². The highest BCUT2D eigenvalue weighted by atomic mass is 19.2. The van der Waals surface area contributed by atoms with Gasteiger partial charge in [0.15, 0.2) is 11.6 Å². The van der Waals surface area contributed by atoms with Crippen molar-refractivity contribution in [1.29, 1.82) is 0 Å². The van der Waals surface area contributed by atoms with E-state index in [1.54, 1.807) is 0 Å². The second-order valence-electron chi connectivity index (χ2n) is 4.49. The zero-order valence-electron chi connectivity index (χ0n) is 9.88. The number of halogens is 2. The van der Waals surface area contributed by atoms with E-state index in [0.29, 0.717) is 11.7 Å². The molecule has 1 atom stereocenters.